The number of likely N-dealkylation sites (tertiary alicyclic amines) is 1. The first-order valence-electron chi connectivity index (χ1n) is 11.2. The number of nitrogens with zero attached hydrogens (tertiary/aromatic N) is 2. The normalized spacial score (nSPS) is 21.1. The molecule has 162 valence electrons. The molecule has 0 radical (unpaired) electrons. The summed E-state index contributed by atoms with van der Waals surface area (Å²) in [4.78, 5) is 14.9. The van der Waals surface area contributed by atoms with E-state index >= 15 is 0 Å². The van der Waals surface area contributed by atoms with Gasteiger partial charge >= 0.3 is 0 Å². The lowest BCUT2D eigenvalue weighted by molar-refractivity contribution is 0.0608. The van der Waals surface area contributed by atoms with Crippen LogP contribution < -0.4 is 5.32 Å². The van der Waals surface area contributed by atoms with Gasteiger partial charge in [0.05, 0.1) is 18.3 Å². The molecule has 0 spiro atoms. The van der Waals surface area contributed by atoms with Crippen LogP contribution in [0.15, 0.2) is 34.9 Å². The Kier molecular flexibility index (Phi) is 6.85. The lowest BCUT2D eigenvalue weighted by Crippen LogP contribution is -2.40. The van der Waals surface area contributed by atoms with Crippen LogP contribution in [0.1, 0.15) is 78.7 Å². The Labute approximate surface area is 179 Å². The fraction of sp³-hybridized carbons (Fsp3) is 0.583. The highest BCUT2D eigenvalue weighted by atomic mass is 16.5. The largest absolute Gasteiger partial charge is 0.379 e. The van der Waals surface area contributed by atoms with Gasteiger partial charge in [0, 0.05) is 25.1 Å². The molecule has 6 heteroatoms. The first kappa shape index (κ1) is 21.1. The molecular formula is C24H33N3O3. The molecule has 1 amide bonds. The van der Waals surface area contributed by atoms with E-state index in [1.54, 1.807) is 0 Å². The summed E-state index contributed by atoms with van der Waals surface area (Å²) < 4.78 is 10.8. The summed E-state index contributed by atoms with van der Waals surface area (Å²) in [5.74, 6) is 1.04. The van der Waals surface area contributed by atoms with Crippen LogP contribution in [0.4, 0.5) is 0 Å². The quantitative estimate of drug-likeness (QED) is 0.776. The van der Waals surface area contributed by atoms with E-state index in [-0.39, 0.29) is 11.9 Å². The number of carbonyl (C=O) groups excluding carboxylic acids is 1. The molecule has 0 aliphatic carbocycles. The number of rotatable bonds is 6. The summed E-state index contributed by atoms with van der Waals surface area (Å²) in [5.41, 5.74) is 3.66. The molecule has 6 nitrogen and oxygen atoms in total. The summed E-state index contributed by atoms with van der Waals surface area (Å²) in [6, 6.07) is 10.9. The maximum absolute atomic E-state index is 12.4. The fourth-order valence-corrected chi connectivity index (χ4v) is 4.35. The van der Waals surface area contributed by atoms with Crippen molar-refractivity contribution in [2.45, 2.75) is 64.0 Å². The standard InChI is InChI=1S/C24H33N3O3/c1-17(2)19-7-5-18(6-8-19)15-27-11-9-20(10-12-27)22-14-23(30-26-22)24(28)25-21-4-3-13-29-16-21/h5-8,14,17,20-21H,3-4,9-13,15-16H2,1-2H3,(H,25,28). The second-order valence-corrected chi connectivity index (χ2v) is 8.95. The lowest BCUT2D eigenvalue weighted by Gasteiger charge is -2.31. The van der Waals surface area contributed by atoms with E-state index in [1.807, 2.05) is 6.07 Å². The number of hydrogen-bond acceptors (Lipinski definition) is 5. The van der Waals surface area contributed by atoms with E-state index in [0.717, 1.165) is 57.6 Å². The summed E-state index contributed by atoms with van der Waals surface area (Å²) in [6.07, 6.45) is 4.00. The first-order valence-corrected chi connectivity index (χ1v) is 11.2. The van der Waals surface area contributed by atoms with Crippen LogP contribution in [0.25, 0.3) is 0 Å². The van der Waals surface area contributed by atoms with Crippen LogP contribution in [-0.4, -0.2) is 48.3 Å². The van der Waals surface area contributed by atoms with Crippen LogP contribution in [0.5, 0.6) is 0 Å². The van der Waals surface area contributed by atoms with Gasteiger partial charge < -0.3 is 14.6 Å². The zero-order valence-electron chi connectivity index (χ0n) is 18.1. The van der Waals surface area contributed by atoms with Crippen molar-refractivity contribution < 1.29 is 14.1 Å². The highest BCUT2D eigenvalue weighted by Gasteiger charge is 2.26. The molecule has 0 bridgehead atoms. The Morgan fingerprint density at radius 1 is 1.20 bits per heavy atom. The number of carbonyl (C=O) groups is 1. The third-order valence-electron chi connectivity index (χ3n) is 6.31. The number of aromatic nitrogens is 1. The van der Waals surface area contributed by atoms with Crippen molar-refractivity contribution in [1.29, 1.82) is 0 Å². The monoisotopic (exact) mass is 411 g/mol. The summed E-state index contributed by atoms with van der Waals surface area (Å²) in [6.45, 7) is 8.86. The Balaban J connectivity index is 1.26. The van der Waals surface area contributed by atoms with Crippen molar-refractivity contribution in [3.05, 3.63) is 52.9 Å². The van der Waals surface area contributed by atoms with Crippen LogP contribution in [0.2, 0.25) is 0 Å². The van der Waals surface area contributed by atoms with Crippen LogP contribution >= 0.6 is 0 Å². The van der Waals surface area contributed by atoms with Gasteiger partial charge in [-0.15, -0.1) is 0 Å². The average Bonchev–Trinajstić information content (AvgIpc) is 3.26. The molecule has 3 heterocycles. The highest BCUT2D eigenvalue weighted by Crippen LogP contribution is 2.28. The molecule has 1 unspecified atom stereocenters. The molecule has 1 N–H and O–H groups in total. The Morgan fingerprint density at radius 3 is 2.63 bits per heavy atom. The Hall–Kier alpha value is -2.18. The van der Waals surface area contributed by atoms with E-state index < -0.39 is 0 Å². The van der Waals surface area contributed by atoms with Crippen molar-refractivity contribution in [2.75, 3.05) is 26.3 Å². The van der Waals surface area contributed by atoms with E-state index in [1.165, 1.54) is 11.1 Å². The summed E-state index contributed by atoms with van der Waals surface area (Å²) in [5, 5.41) is 7.19. The third-order valence-corrected chi connectivity index (χ3v) is 6.31. The molecule has 4 rings (SSSR count). The molecule has 0 saturated carbocycles. The zero-order valence-corrected chi connectivity index (χ0v) is 18.1. The first-order chi connectivity index (χ1) is 14.6. The van der Waals surface area contributed by atoms with Crippen molar-refractivity contribution >= 4 is 5.91 Å². The number of benzene rings is 1. The van der Waals surface area contributed by atoms with E-state index in [4.69, 9.17) is 9.26 Å². The van der Waals surface area contributed by atoms with E-state index in [0.29, 0.717) is 24.2 Å². The molecule has 2 aliphatic rings. The van der Waals surface area contributed by atoms with Gasteiger partial charge in [-0.1, -0.05) is 43.3 Å². The summed E-state index contributed by atoms with van der Waals surface area (Å²) >= 11 is 0. The third kappa shape index (κ3) is 5.29. The number of hydrogen-bond donors (Lipinski definition) is 1. The van der Waals surface area contributed by atoms with Gasteiger partial charge in [0.25, 0.3) is 5.91 Å². The van der Waals surface area contributed by atoms with Gasteiger partial charge in [-0.25, -0.2) is 0 Å². The Morgan fingerprint density at radius 2 is 1.97 bits per heavy atom. The van der Waals surface area contributed by atoms with Gasteiger partial charge in [0.1, 0.15) is 0 Å². The molecule has 2 saturated heterocycles. The molecule has 2 aromatic rings. The second kappa shape index (κ2) is 9.75. The van der Waals surface area contributed by atoms with Crippen LogP contribution in [0, 0.1) is 0 Å². The van der Waals surface area contributed by atoms with Crippen molar-refractivity contribution in [1.82, 2.24) is 15.4 Å². The minimum absolute atomic E-state index is 0.0673. The lowest BCUT2D eigenvalue weighted by atomic mass is 9.93. The molecule has 30 heavy (non-hydrogen) atoms. The maximum Gasteiger partial charge on any atom is 0.290 e. The summed E-state index contributed by atoms with van der Waals surface area (Å²) in [7, 11) is 0. The molecule has 2 fully saturated rings. The second-order valence-electron chi connectivity index (χ2n) is 8.95. The topological polar surface area (TPSA) is 67.6 Å². The zero-order chi connectivity index (χ0) is 20.9. The van der Waals surface area contributed by atoms with E-state index in [2.05, 4.69) is 53.5 Å². The highest BCUT2D eigenvalue weighted by molar-refractivity contribution is 5.91. The molecular weight excluding hydrogens is 378 g/mol. The number of ether oxygens (including phenoxy) is 1. The number of piperidine rings is 1. The van der Waals surface area contributed by atoms with E-state index in [9.17, 15) is 4.79 Å². The number of nitrogens with one attached hydrogen (secondary N) is 1. The van der Waals surface area contributed by atoms with Crippen LogP contribution in [-0.2, 0) is 11.3 Å². The molecule has 1 atom stereocenters. The van der Waals surface area contributed by atoms with Gasteiger partial charge in [-0.05, 0) is 55.8 Å². The number of amides is 1. The van der Waals surface area contributed by atoms with Crippen molar-refractivity contribution in [2.24, 2.45) is 0 Å². The van der Waals surface area contributed by atoms with Crippen molar-refractivity contribution in [3.8, 4) is 0 Å². The average molecular weight is 412 g/mol. The molecule has 1 aromatic carbocycles. The maximum atomic E-state index is 12.4. The SMILES string of the molecule is CC(C)c1ccc(CN2CCC(c3cc(C(=O)NC4CCCOC4)on3)CC2)cc1. The smallest absolute Gasteiger partial charge is 0.290 e. The van der Waals surface area contributed by atoms with Gasteiger partial charge in [-0.2, -0.15) is 0 Å². The Bertz CT molecular complexity index is 816. The van der Waals surface area contributed by atoms with Crippen LogP contribution in [0.3, 0.4) is 0 Å². The van der Waals surface area contributed by atoms with Gasteiger partial charge in [-0.3, -0.25) is 9.69 Å². The van der Waals surface area contributed by atoms with Gasteiger partial charge in [0.15, 0.2) is 0 Å². The predicted molar refractivity (Wildman–Crippen MR) is 116 cm³/mol. The minimum Gasteiger partial charge on any atom is -0.379 e. The fourth-order valence-electron chi connectivity index (χ4n) is 4.35. The minimum atomic E-state index is -0.188. The van der Waals surface area contributed by atoms with Crippen molar-refractivity contribution in [3.63, 3.8) is 0 Å². The molecule has 2 aliphatic heterocycles. The molecule has 1 aromatic heterocycles. The predicted octanol–water partition coefficient (Wildman–Crippen LogP) is 4.09. The van der Waals surface area contributed by atoms with Gasteiger partial charge in [0.2, 0.25) is 5.76 Å².